The number of benzene rings is 1. The van der Waals surface area contributed by atoms with Crippen LogP contribution in [-0.2, 0) is 13.5 Å². The number of nitrogens with two attached hydrogens (primary N) is 1. The molecule has 3 nitrogen and oxygen atoms in total. The number of anilines is 1. The monoisotopic (exact) mass is 229 g/mol. The van der Waals surface area contributed by atoms with E-state index in [0.29, 0.717) is 0 Å². The third-order valence-corrected chi connectivity index (χ3v) is 2.94. The molecule has 0 amide bonds. The SMILES string of the molecule is CCCc1nn(C)cc1-c1cc(N)ccc1C. The zero-order valence-corrected chi connectivity index (χ0v) is 10.7. The van der Waals surface area contributed by atoms with Gasteiger partial charge in [0.15, 0.2) is 0 Å². The summed E-state index contributed by atoms with van der Waals surface area (Å²) < 4.78 is 1.88. The van der Waals surface area contributed by atoms with Crippen molar-refractivity contribution in [1.82, 2.24) is 9.78 Å². The number of hydrogen-bond acceptors (Lipinski definition) is 2. The molecule has 0 saturated carbocycles. The molecule has 2 rings (SSSR count). The summed E-state index contributed by atoms with van der Waals surface area (Å²) >= 11 is 0. The Labute approximate surface area is 102 Å². The normalized spacial score (nSPS) is 10.8. The van der Waals surface area contributed by atoms with Gasteiger partial charge in [0, 0.05) is 24.5 Å². The van der Waals surface area contributed by atoms with E-state index in [1.807, 2.05) is 23.9 Å². The Morgan fingerprint density at radius 3 is 2.76 bits per heavy atom. The van der Waals surface area contributed by atoms with Gasteiger partial charge in [-0.05, 0) is 36.6 Å². The molecule has 0 aliphatic carbocycles. The van der Waals surface area contributed by atoms with Crippen molar-refractivity contribution in [3.8, 4) is 11.1 Å². The van der Waals surface area contributed by atoms with E-state index in [-0.39, 0.29) is 0 Å². The quantitative estimate of drug-likeness (QED) is 0.822. The molecule has 0 atom stereocenters. The van der Waals surface area contributed by atoms with Crippen molar-refractivity contribution in [2.24, 2.45) is 7.05 Å². The zero-order chi connectivity index (χ0) is 12.4. The molecule has 1 heterocycles. The van der Waals surface area contributed by atoms with E-state index in [0.717, 1.165) is 24.2 Å². The molecule has 1 aromatic heterocycles. The van der Waals surface area contributed by atoms with Crippen LogP contribution in [0, 0.1) is 6.92 Å². The van der Waals surface area contributed by atoms with Gasteiger partial charge in [0.1, 0.15) is 0 Å². The van der Waals surface area contributed by atoms with Gasteiger partial charge in [0.25, 0.3) is 0 Å². The summed E-state index contributed by atoms with van der Waals surface area (Å²) in [6.07, 6.45) is 4.18. The molecule has 0 unspecified atom stereocenters. The number of rotatable bonds is 3. The Morgan fingerprint density at radius 1 is 1.29 bits per heavy atom. The first-order valence-electron chi connectivity index (χ1n) is 6.01. The van der Waals surface area contributed by atoms with Crippen LogP contribution in [0.2, 0.25) is 0 Å². The molecule has 0 radical (unpaired) electrons. The summed E-state index contributed by atoms with van der Waals surface area (Å²) in [6.45, 7) is 4.28. The highest BCUT2D eigenvalue weighted by Gasteiger charge is 2.11. The fraction of sp³-hybridized carbons (Fsp3) is 0.357. The van der Waals surface area contributed by atoms with E-state index in [2.05, 4.69) is 31.2 Å². The average Bonchev–Trinajstić information content (AvgIpc) is 2.64. The molecule has 2 aromatic rings. The maximum atomic E-state index is 5.87. The van der Waals surface area contributed by atoms with Crippen molar-refractivity contribution in [2.45, 2.75) is 26.7 Å². The van der Waals surface area contributed by atoms with Crippen molar-refractivity contribution in [3.05, 3.63) is 35.7 Å². The second kappa shape index (κ2) is 4.62. The van der Waals surface area contributed by atoms with E-state index in [4.69, 9.17) is 5.73 Å². The van der Waals surface area contributed by atoms with E-state index < -0.39 is 0 Å². The second-order valence-corrected chi connectivity index (χ2v) is 4.49. The smallest absolute Gasteiger partial charge is 0.0702 e. The summed E-state index contributed by atoms with van der Waals surface area (Å²) in [7, 11) is 1.96. The maximum Gasteiger partial charge on any atom is 0.0702 e. The first-order chi connectivity index (χ1) is 8.11. The van der Waals surface area contributed by atoms with Gasteiger partial charge in [-0.3, -0.25) is 4.68 Å². The Morgan fingerprint density at radius 2 is 2.06 bits per heavy atom. The van der Waals surface area contributed by atoms with Crippen molar-refractivity contribution < 1.29 is 0 Å². The maximum absolute atomic E-state index is 5.87. The van der Waals surface area contributed by atoms with Crippen LogP contribution in [0.1, 0.15) is 24.6 Å². The van der Waals surface area contributed by atoms with E-state index in [9.17, 15) is 0 Å². The standard InChI is InChI=1S/C14H19N3/c1-4-5-14-13(9-17(3)16-14)12-8-11(15)7-6-10(12)2/h6-9H,4-5,15H2,1-3H3. The molecule has 0 saturated heterocycles. The predicted octanol–water partition coefficient (Wildman–Crippen LogP) is 2.93. The zero-order valence-electron chi connectivity index (χ0n) is 10.7. The summed E-state index contributed by atoms with van der Waals surface area (Å²) in [4.78, 5) is 0. The van der Waals surface area contributed by atoms with Gasteiger partial charge in [-0.15, -0.1) is 0 Å². The number of hydrogen-bond donors (Lipinski definition) is 1. The van der Waals surface area contributed by atoms with Gasteiger partial charge in [-0.25, -0.2) is 0 Å². The molecule has 1 aromatic carbocycles. The van der Waals surface area contributed by atoms with Crippen LogP contribution in [0.4, 0.5) is 5.69 Å². The largest absolute Gasteiger partial charge is 0.399 e. The van der Waals surface area contributed by atoms with E-state index >= 15 is 0 Å². The Hall–Kier alpha value is -1.77. The Bertz CT molecular complexity index is 526. The minimum absolute atomic E-state index is 0.803. The number of aromatic nitrogens is 2. The third kappa shape index (κ3) is 2.33. The van der Waals surface area contributed by atoms with Crippen LogP contribution in [-0.4, -0.2) is 9.78 Å². The Kier molecular flexibility index (Phi) is 3.18. The van der Waals surface area contributed by atoms with Crippen LogP contribution in [0.3, 0.4) is 0 Å². The minimum Gasteiger partial charge on any atom is -0.399 e. The number of aryl methyl sites for hydroxylation is 3. The summed E-state index contributed by atoms with van der Waals surface area (Å²) in [5, 5.41) is 4.52. The fourth-order valence-electron chi connectivity index (χ4n) is 2.11. The van der Waals surface area contributed by atoms with Gasteiger partial charge in [0.2, 0.25) is 0 Å². The number of nitrogen functional groups attached to an aromatic ring is 1. The van der Waals surface area contributed by atoms with E-state index in [1.54, 1.807) is 0 Å². The summed E-state index contributed by atoms with van der Waals surface area (Å²) in [6, 6.07) is 6.04. The van der Waals surface area contributed by atoms with Crippen LogP contribution in [0.5, 0.6) is 0 Å². The van der Waals surface area contributed by atoms with Gasteiger partial charge in [0.05, 0.1) is 5.69 Å². The predicted molar refractivity (Wildman–Crippen MR) is 71.8 cm³/mol. The number of nitrogens with zero attached hydrogens (tertiary/aromatic N) is 2. The van der Waals surface area contributed by atoms with Crippen LogP contribution >= 0.6 is 0 Å². The highest BCUT2D eigenvalue weighted by molar-refractivity contribution is 5.72. The first kappa shape index (κ1) is 11.7. The molecule has 0 aliphatic heterocycles. The molecule has 90 valence electrons. The molecule has 0 spiro atoms. The van der Waals surface area contributed by atoms with Gasteiger partial charge in [-0.2, -0.15) is 5.10 Å². The molecule has 0 bridgehead atoms. The molecule has 3 heteroatoms. The third-order valence-electron chi connectivity index (χ3n) is 2.94. The Balaban J connectivity index is 2.55. The van der Waals surface area contributed by atoms with Crippen molar-refractivity contribution >= 4 is 5.69 Å². The minimum atomic E-state index is 0.803. The van der Waals surface area contributed by atoms with Crippen molar-refractivity contribution in [1.29, 1.82) is 0 Å². The van der Waals surface area contributed by atoms with Crippen molar-refractivity contribution in [2.75, 3.05) is 5.73 Å². The summed E-state index contributed by atoms with van der Waals surface area (Å²) in [5.41, 5.74) is 11.5. The second-order valence-electron chi connectivity index (χ2n) is 4.49. The molecule has 17 heavy (non-hydrogen) atoms. The van der Waals surface area contributed by atoms with Gasteiger partial charge < -0.3 is 5.73 Å². The van der Waals surface area contributed by atoms with Gasteiger partial charge in [-0.1, -0.05) is 19.4 Å². The lowest BCUT2D eigenvalue weighted by atomic mass is 9.99. The topological polar surface area (TPSA) is 43.8 Å². The molecule has 2 N–H and O–H groups in total. The lowest BCUT2D eigenvalue weighted by molar-refractivity contribution is 0.733. The van der Waals surface area contributed by atoms with Crippen molar-refractivity contribution in [3.63, 3.8) is 0 Å². The van der Waals surface area contributed by atoms with Crippen LogP contribution < -0.4 is 5.73 Å². The highest BCUT2D eigenvalue weighted by Crippen LogP contribution is 2.28. The lowest BCUT2D eigenvalue weighted by Gasteiger charge is -2.06. The fourth-order valence-corrected chi connectivity index (χ4v) is 2.11. The van der Waals surface area contributed by atoms with E-state index in [1.165, 1.54) is 16.7 Å². The van der Waals surface area contributed by atoms with Gasteiger partial charge >= 0.3 is 0 Å². The lowest BCUT2D eigenvalue weighted by Crippen LogP contribution is -1.92. The highest BCUT2D eigenvalue weighted by atomic mass is 15.2. The molecule has 0 fully saturated rings. The summed E-state index contributed by atoms with van der Waals surface area (Å²) in [5.74, 6) is 0. The molecular weight excluding hydrogens is 210 g/mol. The molecular formula is C14H19N3. The molecule has 0 aliphatic rings. The van der Waals surface area contributed by atoms with Crippen LogP contribution in [0.15, 0.2) is 24.4 Å². The van der Waals surface area contributed by atoms with Crippen LogP contribution in [0.25, 0.3) is 11.1 Å². The average molecular weight is 229 g/mol. The first-order valence-corrected chi connectivity index (χ1v) is 6.01.